The highest BCUT2D eigenvalue weighted by Gasteiger charge is 2.11. The van der Waals surface area contributed by atoms with E-state index in [9.17, 15) is 4.39 Å². The Kier molecular flexibility index (Phi) is 6.36. The summed E-state index contributed by atoms with van der Waals surface area (Å²) in [6, 6.07) is 9.17. The van der Waals surface area contributed by atoms with Crippen molar-refractivity contribution >= 4 is 27.3 Å². The first-order valence-electron chi connectivity index (χ1n) is 6.92. The normalized spacial score (nSPS) is 12.8. The highest BCUT2D eigenvalue weighted by Crippen LogP contribution is 2.22. The van der Waals surface area contributed by atoms with Gasteiger partial charge in [-0.2, -0.15) is 0 Å². The van der Waals surface area contributed by atoms with E-state index < -0.39 is 0 Å². The summed E-state index contributed by atoms with van der Waals surface area (Å²) in [6.07, 6.45) is 0.947. The Morgan fingerprint density at radius 3 is 2.81 bits per heavy atom. The van der Waals surface area contributed by atoms with Crippen LogP contribution in [0.2, 0.25) is 0 Å². The summed E-state index contributed by atoms with van der Waals surface area (Å²) in [4.78, 5) is 3.64. The van der Waals surface area contributed by atoms with Crippen LogP contribution in [0.1, 0.15) is 22.9 Å². The third-order valence-electron chi connectivity index (χ3n) is 3.45. The fourth-order valence-electron chi connectivity index (χ4n) is 2.33. The maximum atomic E-state index is 13.3. The van der Waals surface area contributed by atoms with Gasteiger partial charge in [0.1, 0.15) is 5.82 Å². The molecule has 0 aliphatic heterocycles. The van der Waals surface area contributed by atoms with Crippen LogP contribution in [-0.2, 0) is 6.54 Å². The molecular formula is C16H20BrFN2S. The number of thiophene rings is 1. The zero-order valence-electron chi connectivity index (χ0n) is 12.3. The smallest absolute Gasteiger partial charge is 0.123 e. The Labute approximate surface area is 138 Å². The third-order valence-corrected chi connectivity index (χ3v) is 5.13. The molecule has 0 saturated heterocycles. The van der Waals surface area contributed by atoms with Crippen molar-refractivity contribution in [2.45, 2.75) is 19.0 Å². The molecule has 2 aromatic rings. The minimum absolute atomic E-state index is 0.176. The lowest BCUT2D eigenvalue weighted by atomic mass is 10.0. The monoisotopic (exact) mass is 370 g/mol. The first-order valence-corrected chi connectivity index (χ1v) is 8.60. The SMILES string of the molecule is CNC(CCN(C)Cc1cc(Br)cs1)c1cccc(F)c1. The lowest BCUT2D eigenvalue weighted by Crippen LogP contribution is -2.25. The predicted molar refractivity (Wildman–Crippen MR) is 91.2 cm³/mol. The summed E-state index contributed by atoms with van der Waals surface area (Å²) >= 11 is 5.24. The Morgan fingerprint density at radius 2 is 2.19 bits per heavy atom. The fraction of sp³-hybridized carbons (Fsp3) is 0.375. The van der Waals surface area contributed by atoms with Gasteiger partial charge in [0.15, 0.2) is 0 Å². The number of benzene rings is 1. The van der Waals surface area contributed by atoms with Gasteiger partial charge in [-0.25, -0.2) is 4.39 Å². The van der Waals surface area contributed by atoms with Gasteiger partial charge in [-0.05, 0) is 60.2 Å². The lowest BCUT2D eigenvalue weighted by molar-refractivity contribution is 0.306. The highest BCUT2D eigenvalue weighted by molar-refractivity contribution is 9.10. The van der Waals surface area contributed by atoms with Crippen molar-refractivity contribution in [2.75, 3.05) is 20.6 Å². The van der Waals surface area contributed by atoms with E-state index in [2.05, 4.69) is 44.6 Å². The molecule has 21 heavy (non-hydrogen) atoms. The highest BCUT2D eigenvalue weighted by atomic mass is 79.9. The number of nitrogens with zero attached hydrogens (tertiary/aromatic N) is 1. The van der Waals surface area contributed by atoms with E-state index in [4.69, 9.17) is 0 Å². The quantitative estimate of drug-likeness (QED) is 0.775. The van der Waals surface area contributed by atoms with Gasteiger partial charge < -0.3 is 10.2 Å². The molecule has 0 aliphatic carbocycles. The summed E-state index contributed by atoms with van der Waals surface area (Å²) in [5.41, 5.74) is 1.00. The van der Waals surface area contributed by atoms with Crippen molar-refractivity contribution in [3.63, 3.8) is 0 Å². The Bertz CT molecular complexity index is 573. The van der Waals surface area contributed by atoms with E-state index in [1.807, 2.05) is 13.1 Å². The second-order valence-corrected chi connectivity index (χ2v) is 7.07. The molecule has 2 rings (SSSR count). The molecule has 0 amide bonds. The first kappa shape index (κ1) is 16.6. The Balaban J connectivity index is 1.87. The molecule has 1 N–H and O–H groups in total. The van der Waals surface area contributed by atoms with Gasteiger partial charge in [-0.3, -0.25) is 0 Å². The molecular weight excluding hydrogens is 351 g/mol. The van der Waals surface area contributed by atoms with E-state index >= 15 is 0 Å². The van der Waals surface area contributed by atoms with Crippen molar-refractivity contribution in [3.05, 3.63) is 56.4 Å². The summed E-state index contributed by atoms with van der Waals surface area (Å²) in [6.45, 7) is 1.90. The summed E-state index contributed by atoms with van der Waals surface area (Å²) in [7, 11) is 4.04. The van der Waals surface area contributed by atoms with Crippen molar-refractivity contribution < 1.29 is 4.39 Å². The van der Waals surface area contributed by atoms with Crippen LogP contribution >= 0.6 is 27.3 Å². The summed E-state index contributed by atoms with van der Waals surface area (Å²) in [5, 5.41) is 5.37. The van der Waals surface area contributed by atoms with Gasteiger partial charge in [0.05, 0.1) is 0 Å². The largest absolute Gasteiger partial charge is 0.313 e. The molecule has 0 bridgehead atoms. The fourth-order valence-corrected chi connectivity index (χ4v) is 3.86. The van der Waals surface area contributed by atoms with E-state index in [0.29, 0.717) is 0 Å². The van der Waals surface area contributed by atoms with Gasteiger partial charge >= 0.3 is 0 Å². The lowest BCUT2D eigenvalue weighted by Gasteiger charge is -2.21. The third kappa shape index (κ3) is 5.18. The van der Waals surface area contributed by atoms with Crippen LogP contribution in [-0.4, -0.2) is 25.5 Å². The minimum atomic E-state index is -0.176. The molecule has 114 valence electrons. The Morgan fingerprint density at radius 1 is 1.38 bits per heavy atom. The second-order valence-electron chi connectivity index (χ2n) is 5.15. The molecule has 2 nitrogen and oxygen atoms in total. The molecule has 1 heterocycles. The molecule has 0 spiro atoms. The number of rotatable bonds is 7. The first-order chi connectivity index (χ1) is 10.1. The van der Waals surface area contributed by atoms with Gasteiger partial charge in [-0.1, -0.05) is 12.1 Å². The number of hydrogen-bond acceptors (Lipinski definition) is 3. The predicted octanol–water partition coefficient (Wildman–Crippen LogP) is 4.43. The second kappa shape index (κ2) is 8.03. The molecule has 1 aromatic heterocycles. The van der Waals surface area contributed by atoms with Gasteiger partial charge in [0.2, 0.25) is 0 Å². The topological polar surface area (TPSA) is 15.3 Å². The van der Waals surface area contributed by atoms with Gasteiger partial charge in [-0.15, -0.1) is 11.3 Å². The van der Waals surface area contributed by atoms with Gasteiger partial charge in [0.25, 0.3) is 0 Å². The van der Waals surface area contributed by atoms with Crippen LogP contribution in [0.25, 0.3) is 0 Å². The summed E-state index contributed by atoms with van der Waals surface area (Å²) in [5.74, 6) is -0.176. The zero-order valence-corrected chi connectivity index (χ0v) is 14.7. The van der Waals surface area contributed by atoms with E-state index in [-0.39, 0.29) is 11.9 Å². The number of halogens is 2. The van der Waals surface area contributed by atoms with E-state index in [0.717, 1.165) is 29.5 Å². The molecule has 1 unspecified atom stereocenters. The molecule has 1 aromatic carbocycles. The van der Waals surface area contributed by atoms with Crippen molar-refractivity contribution in [3.8, 4) is 0 Å². The maximum absolute atomic E-state index is 13.3. The molecule has 0 saturated carbocycles. The van der Waals surface area contributed by atoms with Crippen LogP contribution in [0, 0.1) is 5.82 Å². The van der Waals surface area contributed by atoms with Crippen LogP contribution < -0.4 is 5.32 Å². The van der Waals surface area contributed by atoms with Crippen LogP contribution in [0.4, 0.5) is 4.39 Å². The van der Waals surface area contributed by atoms with Crippen molar-refractivity contribution in [1.29, 1.82) is 0 Å². The van der Waals surface area contributed by atoms with E-state index in [1.165, 1.54) is 10.9 Å². The molecule has 0 radical (unpaired) electrons. The molecule has 0 aliphatic rings. The van der Waals surface area contributed by atoms with Crippen molar-refractivity contribution in [1.82, 2.24) is 10.2 Å². The standard InChI is InChI=1S/C16H20BrFN2S/c1-19-16(12-4-3-5-14(18)8-12)6-7-20(2)10-15-9-13(17)11-21-15/h3-5,8-9,11,16,19H,6-7,10H2,1-2H3. The average Bonchev–Trinajstić information content (AvgIpc) is 2.85. The maximum Gasteiger partial charge on any atom is 0.123 e. The number of hydrogen-bond donors (Lipinski definition) is 1. The van der Waals surface area contributed by atoms with Crippen LogP contribution in [0.15, 0.2) is 40.2 Å². The zero-order chi connectivity index (χ0) is 15.2. The Hall–Kier alpha value is -0.750. The number of nitrogens with one attached hydrogen (secondary N) is 1. The van der Waals surface area contributed by atoms with Gasteiger partial charge in [0, 0.05) is 33.9 Å². The minimum Gasteiger partial charge on any atom is -0.313 e. The average molecular weight is 371 g/mol. The van der Waals surface area contributed by atoms with Crippen molar-refractivity contribution in [2.24, 2.45) is 0 Å². The van der Waals surface area contributed by atoms with Crippen LogP contribution in [0.3, 0.4) is 0 Å². The van der Waals surface area contributed by atoms with Crippen LogP contribution in [0.5, 0.6) is 0 Å². The summed E-state index contributed by atoms with van der Waals surface area (Å²) < 4.78 is 14.5. The molecule has 1 atom stereocenters. The molecule has 0 fully saturated rings. The van der Waals surface area contributed by atoms with E-state index in [1.54, 1.807) is 23.5 Å². The molecule has 5 heteroatoms.